The Bertz CT molecular complexity index is 1440. The molecule has 1 atom stereocenters. The van der Waals surface area contributed by atoms with Crippen LogP contribution in [0.25, 0.3) is 0 Å². The fourth-order valence-electron chi connectivity index (χ4n) is 5.50. The number of nitrogens with zero attached hydrogens (tertiary/aromatic N) is 2. The van der Waals surface area contributed by atoms with E-state index in [1.54, 1.807) is 53.4 Å². The molecule has 9 heteroatoms. The van der Waals surface area contributed by atoms with E-state index in [-0.39, 0.29) is 23.4 Å². The number of ether oxygens (including phenoxy) is 1. The van der Waals surface area contributed by atoms with Crippen LogP contribution in [-0.2, 0) is 26.0 Å². The number of nitrogens with one attached hydrogen (secondary N) is 1. The van der Waals surface area contributed by atoms with Crippen molar-refractivity contribution in [2.75, 3.05) is 24.0 Å². The van der Waals surface area contributed by atoms with Crippen LogP contribution in [0, 0.1) is 6.92 Å². The van der Waals surface area contributed by atoms with E-state index in [9.17, 15) is 18.0 Å². The van der Waals surface area contributed by atoms with Gasteiger partial charge in [0.1, 0.15) is 18.3 Å². The van der Waals surface area contributed by atoms with Crippen LogP contribution in [0.3, 0.4) is 0 Å². The molecular weight excluding hydrogens is 562 g/mol. The van der Waals surface area contributed by atoms with Crippen LogP contribution in [0.5, 0.6) is 5.75 Å². The Morgan fingerprint density at radius 1 is 0.930 bits per heavy atom. The second-order valence-corrected chi connectivity index (χ2v) is 12.9. The zero-order valence-electron chi connectivity index (χ0n) is 25.4. The lowest BCUT2D eigenvalue weighted by atomic mass is 10.1. The van der Waals surface area contributed by atoms with E-state index in [1.165, 1.54) is 0 Å². The third kappa shape index (κ3) is 8.38. The third-order valence-electron chi connectivity index (χ3n) is 7.90. The van der Waals surface area contributed by atoms with Gasteiger partial charge in [0.2, 0.25) is 11.8 Å². The first-order valence-electron chi connectivity index (χ1n) is 15.2. The van der Waals surface area contributed by atoms with Crippen LogP contribution < -0.4 is 14.4 Å². The fraction of sp³-hybridized carbons (Fsp3) is 0.412. The van der Waals surface area contributed by atoms with Crippen molar-refractivity contribution in [1.29, 1.82) is 0 Å². The Morgan fingerprint density at radius 3 is 2.19 bits per heavy atom. The number of sulfonamides is 1. The molecule has 0 unspecified atom stereocenters. The summed E-state index contributed by atoms with van der Waals surface area (Å²) in [5, 5.41) is 3.15. The maximum Gasteiger partial charge on any atom is 0.264 e. The zero-order valence-corrected chi connectivity index (χ0v) is 26.2. The second-order valence-electron chi connectivity index (χ2n) is 11.0. The number of carbonyl (C=O) groups excluding carboxylic acids is 2. The Labute approximate surface area is 256 Å². The minimum Gasteiger partial charge on any atom is -0.494 e. The number of amides is 2. The normalized spacial score (nSPS) is 14.2. The van der Waals surface area contributed by atoms with Crippen molar-refractivity contribution in [3.05, 3.63) is 90.0 Å². The van der Waals surface area contributed by atoms with Gasteiger partial charge in [-0.3, -0.25) is 13.9 Å². The first-order valence-corrected chi connectivity index (χ1v) is 16.6. The molecule has 0 aliphatic heterocycles. The number of hydrogen-bond donors (Lipinski definition) is 1. The van der Waals surface area contributed by atoms with E-state index in [4.69, 9.17) is 4.74 Å². The van der Waals surface area contributed by atoms with Gasteiger partial charge in [-0.1, -0.05) is 67.8 Å². The van der Waals surface area contributed by atoms with E-state index >= 15 is 0 Å². The summed E-state index contributed by atoms with van der Waals surface area (Å²) in [5.74, 6) is -0.0249. The fourth-order valence-corrected chi connectivity index (χ4v) is 6.92. The molecule has 2 amide bonds. The SMILES string of the molecule is CCOc1ccc(N(CC(=O)N(CCc2ccccc2)[C@@H](CC)C(=O)NC2CCCC2)S(=O)(=O)c2ccc(C)cc2)cc1. The van der Waals surface area contributed by atoms with Crippen LogP contribution in [0.1, 0.15) is 57.1 Å². The summed E-state index contributed by atoms with van der Waals surface area (Å²) in [6, 6.07) is 22.4. The topological polar surface area (TPSA) is 96.0 Å². The summed E-state index contributed by atoms with van der Waals surface area (Å²) in [6.07, 6.45) is 4.96. The van der Waals surface area contributed by atoms with E-state index in [1.807, 2.05) is 51.1 Å². The molecule has 1 aliphatic rings. The predicted molar refractivity (Wildman–Crippen MR) is 170 cm³/mol. The molecule has 3 aromatic rings. The van der Waals surface area contributed by atoms with Crippen molar-refractivity contribution in [1.82, 2.24) is 10.2 Å². The molecular formula is C34H43N3O5S. The van der Waals surface area contributed by atoms with Crippen LogP contribution in [0.15, 0.2) is 83.8 Å². The number of benzene rings is 3. The van der Waals surface area contributed by atoms with E-state index in [2.05, 4.69) is 5.32 Å². The second kappa shape index (κ2) is 15.0. The van der Waals surface area contributed by atoms with Crippen molar-refractivity contribution in [3.8, 4) is 5.75 Å². The molecule has 43 heavy (non-hydrogen) atoms. The highest BCUT2D eigenvalue weighted by molar-refractivity contribution is 7.92. The smallest absolute Gasteiger partial charge is 0.264 e. The van der Waals surface area contributed by atoms with E-state index < -0.39 is 28.5 Å². The number of rotatable bonds is 14. The average molecular weight is 606 g/mol. The molecule has 230 valence electrons. The van der Waals surface area contributed by atoms with Gasteiger partial charge in [-0.05, 0) is 81.5 Å². The largest absolute Gasteiger partial charge is 0.494 e. The van der Waals surface area contributed by atoms with Crippen molar-refractivity contribution >= 4 is 27.5 Å². The average Bonchev–Trinajstić information content (AvgIpc) is 3.52. The van der Waals surface area contributed by atoms with Crippen LogP contribution in [-0.4, -0.2) is 56.9 Å². The van der Waals surface area contributed by atoms with Gasteiger partial charge in [-0.25, -0.2) is 8.42 Å². The first-order chi connectivity index (χ1) is 20.7. The number of carbonyl (C=O) groups is 2. The number of aryl methyl sites for hydroxylation is 1. The monoisotopic (exact) mass is 605 g/mol. The molecule has 1 aliphatic carbocycles. The lowest BCUT2D eigenvalue weighted by molar-refractivity contribution is -0.139. The summed E-state index contributed by atoms with van der Waals surface area (Å²) in [5.41, 5.74) is 2.29. The highest BCUT2D eigenvalue weighted by Crippen LogP contribution is 2.27. The summed E-state index contributed by atoms with van der Waals surface area (Å²) < 4.78 is 34.8. The van der Waals surface area contributed by atoms with Crippen molar-refractivity contribution in [3.63, 3.8) is 0 Å². The zero-order chi connectivity index (χ0) is 30.8. The van der Waals surface area contributed by atoms with Crippen molar-refractivity contribution in [2.24, 2.45) is 0 Å². The minimum atomic E-state index is -4.12. The Balaban J connectivity index is 1.67. The van der Waals surface area contributed by atoms with Gasteiger partial charge < -0.3 is 15.0 Å². The first kappa shape index (κ1) is 32.1. The quantitative estimate of drug-likeness (QED) is 0.262. The van der Waals surface area contributed by atoms with E-state index in [0.29, 0.717) is 30.9 Å². The van der Waals surface area contributed by atoms with Gasteiger partial charge in [0, 0.05) is 12.6 Å². The minimum absolute atomic E-state index is 0.0849. The van der Waals surface area contributed by atoms with Gasteiger partial charge in [0.05, 0.1) is 17.2 Å². The molecule has 1 N–H and O–H groups in total. The molecule has 3 aromatic carbocycles. The van der Waals surface area contributed by atoms with Crippen molar-refractivity contribution in [2.45, 2.75) is 76.3 Å². The number of anilines is 1. The molecule has 0 saturated heterocycles. The molecule has 1 fully saturated rings. The van der Waals surface area contributed by atoms with Gasteiger partial charge in [0.15, 0.2) is 0 Å². The number of hydrogen-bond acceptors (Lipinski definition) is 5. The highest BCUT2D eigenvalue weighted by Gasteiger charge is 2.34. The highest BCUT2D eigenvalue weighted by atomic mass is 32.2. The van der Waals surface area contributed by atoms with Gasteiger partial charge in [0.25, 0.3) is 10.0 Å². The molecule has 0 bridgehead atoms. The molecule has 8 nitrogen and oxygen atoms in total. The summed E-state index contributed by atoms with van der Waals surface area (Å²) in [6.45, 7) is 5.94. The van der Waals surface area contributed by atoms with Crippen LogP contribution in [0.2, 0.25) is 0 Å². The summed E-state index contributed by atoms with van der Waals surface area (Å²) >= 11 is 0. The van der Waals surface area contributed by atoms with Crippen molar-refractivity contribution < 1.29 is 22.7 Å². The van der Waals surface area contributed by atoms with Gasteiger partial charge in [-0.2, -0.15) is 0 Å². The lowest BCUT2D eigenvalue weighted by Crippen LogP contribution is -2.54. The maximum absolute atomic E-state index is 14.2. The Hall–Kier alpha value is -3.85. The Morgan fingerprint density at radius 2 is 1.58 bits per heavy atom. The standard InChI is InChI=1S/C34H43N3O5S/c1-4-32(34(39)35-28-13-9-10-14-28)36(24-23-27-11-7-6-8-12-27)33(38)25-37(29-17-19-30(20-18-29)42-5-2)43(40,41)31-21-15-26(3)16-22-31/h6-8,11-12,15-22,28,32H,4-5,9-10,13-14,23-25H2,1-3H3,(H,35,39)/t32-/m0/s1. The van der Waals surface area contributed by atoms with Crippen LogP contribution in [0.4, 0.5) is 5.69 Å². The van der Waals surface area contributed by atoms with E-state index in [0.717, 1.165) is 41.1 Å². The molecule has 0 aromatic heterocycles. The third-order valence-corrected chi connectivity index (χ3v) is 9.68. The maximum atomic E-state index is 14.2. The summed E-state index contributed by atoms with van der Waals surface area (Å²) in [4.78, 5) is 29.4. The van der Waals surface area contributed by atoms with Gasteiger partial charge >= 0.3 is 0 Å². The van der Waals surface area contributed by atoms with Crippen LogP contribution >= 0.6 is 0 Å². The lowest BCUT2D eigenvalue weighted by Gasteiger charge is -2.33. The molecule has 1 saturated carbocycles. The molecule has 0 heterocycles. The summed E-state index contributed by atoms with van der Waals surface area (Å²) in [7, 11) is -4.12. The molecule has 4 rings (SSSR count). The predicted octanol–water partition coefficient (Wildman–Crippen LogP) is 5.50. The van der Waals surface area contributed by atoms with Gasteiger partial charge in [-0.15, -0.1) is 0 Å². The molecule has 0 radical (unpaired) electrons. The molecule has 0 spiro atoms. The Kier molecular flexibility index (Phi) is 11.2.